The zero-order valence-electron chi connectivity index (χ0n) is 6.80. The van der Waals surface area contributed by atoms with Gasteiger partial charge in [0.05, 0.1) is 7.11 Å². The molecule has 6 heteroatoms. The highest BCUT2D eigenvalue weighted by atomic mass is 33.2. The fraction of sp³-hybridized carbons (Fsp3) is 0.143. The summed E-state index contributed by atoms with van der Waals surface area (Å²) in [5, 5.41) is 0.698. The lowest BCUT2D eigenvalue weighted by atomic mass is 10.3. The van der Waals surface area contributed by atoms with Crippen molar-refractivity contribution in [3.8, 4) is 5.75 Å². The van der Waals surface area contributed by atoms with Gasteiger partial charge in [-0.2, -0.15) is 0 Å². The minimum Gasteiger partial charge on any atom is -0.497 e. The molecule has 0 amide bonds. The van der Waals surface area contributed by atoms with Gasteiger partial charge in [-0.15, -0.1) is 0 Å². The van der Waals surface area contributed by atoms with Crippen LogP contribution in [-0.2, 0) is 34.1 Å². The van der Waals surface area contributed by atoms with Gasteiger partial charge in [0.1, 0.15) is 5.75 Å². The number of methoxy groups -OCH3 is 1. The predicted octanol–water partition coefficient (Wildman–Crippen LogP) is 1.60. The van der Waals surface area contributed by atoms with Gasteiger partial charge in [0.25, 0.3) is 0 Å². The Hall–Kier alpha value is -0.220. The zero-order chi connectivity index (χ0) is 9.84. The van der Waals surface area contributed by atoms with E-state index in [1.807, 2.05) is 0 Å². The molecule has 0 bridgehead atoms. The van der Waals surface area contributed by atoms with Gasteiger partial charge in [0, 0.05) is 5.30 Å². The van der Waals surface area contributed by atoms with Crippen LogP contribution in [0.1, 0.15) is 0 Å². The van der Waals surface area contributed by atoms with Gasteiger partial charge in [-0.3, -0.25) is 4.57 Å². The molecule has 0 fully saturated rings. The summed E-state index contributed by atoms with van der Waals surface area (Å²) in [5.41, 5.74) is 0. The van der Waals surface area contributed by atoms with Crippen molar-refractivity contribution in [2.75, 3.05) is 7.11 Å². The van der Waals surface area contributed by atoms with Gasteiger partial charge in [0.2, 0.25) is 0 Å². The fourth-order valence-electron chi connectivity index (χ4n) is 0.790. The van der Waals surface area contributed by atoms with Gasteiger partial charge < -0.3 is 4.74 Å². The van der Waals surface area contributed by atoms with Crippen molar-refractivity contribution in [1.29, 1.82) is 0 Å². The molecule has 0 aliphatic carbocycles. The first-order chi connectivity index (χ1) is 6.15. The molecular formula is C7H7O2PS3. The molecule has 1 unspecified atom stereocenters. The highest BCUT2D eigenvalue weighted by Crippen LogP contribution is 2.12. The van der Waals surface area contributed by atoms with Crippen molar-refractivity contribution in [2.45, 2.75) is 0 Å². The van der Waals surface area contributed by atoms with E-state index in [1.54, 1.807) is 31.4 Å². The summed E-state index contributed by atoms with van der Waals surface area (Å²) in [6, 6.07) is 6.96. The Kier molecular flexibility index (Phi) is 4.06. The first-order valence-electron chi connectivity index (χ1n) is 3.36. The van der Waals surface area contributed by atoms with E-state index in [9.17, 15) is 4.57 Å². The molecule has 0 saturated carbocycles. The van der Waals surface area contributed by atoms with Crippen molar-refractivity contribution in [3.05, 3.63) is 24.3 Å². The summed E-state index contributed by atoms with van der Waals surface area (Å²) in [7, 11) is 0.698. The van der Waals surface area contributed by atoms with Crippen molar-refractivity contribution >= 4 is 41.4 Å². The maximum Gasteiger partial charge on any atom is 0.198 e. The second kappa shape index (κ2) is 4.86. The molecule has 70 valence electrons. The molecule has 1 rings (SSSR count). The Morgan fingerprint density at radius 3 is 2.23 bits per heavy atom. The highest BCUT2D eigenvalue weighted by Gasteiger charge is 1.95. The lowest BCUT2D eigenvalue weighted by molar-refractivity contribution is 0.415. The fourth-order valence-corrected chi connectivity index (χ4v) is 3.79. The van der Waals surface area contributed by atoms with E-state index in [0.29, 0.717) is 5.30 Å². The molecule has 0 aliphatic rings. The van der Waals surface area contributed by atoms with Crippen LogP contribution in [0.3, 0.4) is 0 Å². The Morgan fingerprint density at radius 1 is 1.31 bits per heavy atom. The van der Waals surface area contributed by atoms with Crippen LogP contribution in [0, 0.1) is 0 Å². The van der Waals surface area contributed by atoms with Crippen LogP contribution >= 0.6 is 6.58 Å². The molecule has 0 radical (unpaired) electrons. The average Bonchev–Trinajstić information content (AvgIpc) is 2.17. The summed E-state index contributed by atoms with van der Waals surface area (Å²) in [5.74, 6) is 0.737. The number of hydrogen-bond donors (Lipinski definition) is 0. The van der Waals surface area contributed by atoms with E-state index >= 15 is 0 Å². The van der Waals surface area contributed by atoms with Gasteiger partial charge >= 0.3 is 0 Å². The smallest absolute Gasteiger partial charge is 0.198 e. The van der Waals surface area contributed by atoms with Gasteiger partial charge in [0.15, 0.2) is 6.58 Å². The molecule has 0 aromatic heterocycles. The van der Waals surface area contributed by atoms with Crippen LogP contribution in [0.2, 0.25) is 0 Å². The molecule has 2 nitrogen and oxygen atoms in total. The third-order valence-corrected chi connectivity index (χ3v) is 6.29. The van der Waals surface area contributed by atoms with Crippen molar-refractivity contribution in [2.24, 2.45) is 0 Å². The van der Waals surface area contributed by atoms with Crippen LogP contribution in [-0.4, -0.2) is 7.11 Å². The van der Waals surface area contributed by atoms with E-state index in [2.05, 4.69) is 0 Å². The monoisotopic (exact) mass is 250 g/mol. The van der Waals surface area contributed by atoms with Gasteiger partial charge in [-0.05, 0) is 53.8 Å². The summed E-state index contributed by atoms with van der Waals surface area (Å²) >= 11 is 9.54. The predicted molar refractivity (Wildman–Crippen MR) is 62.3 cm³/mol. The standard InChI is InChI=1S/C7H7O2PS3/c1-9-6-2-4-7(5-3-6)10(8)13(11)12/h2-5H,1H3. The average molecular weight is 250 g/mol. The molecule has 0 saturated heterocycles. The van der Waals surface area contributed by atoms with Crippen LogP contribution in [0.5, 0.6) is 5.75 Å². The van der Waals surface area contributed by atoms with Crippen LogP contribution in [0.25, 0.3) is 0 Å². The number of hydrogen-bond acceptors (Lipinski definition) is 4. The minimum atomic E-state index is -1.60. The largest absolute Gasteiger partial charge is 0.497 e. The lowest BCUT2D eigenvalue weighted by Gasteiger charge is -1.97. The van der Waals surface area contributed by atoms with Crippen molar-refractivity contribution < 1.29 is 9.30 Å². The molecule has 0 heterocycles. The van der Waals surface area contributed by atoms with Crippen LogP contribution in [0.15, 0.2) is 24.3 Å². The van der Waals surface area contributed by atoms with E-state index < -0.39 is 13.8 Å². The summed E-state index contributed by atoms with van der Waals surface area (Å²) < 4.78 is 16.4. The number of benzene rings is 1. The first-order valence-corrected chi connectivity index (χ1v) is 8.30. The first kappa shape index (κ1) is 10.9. The van der Waals surface area contributed by atoms with Crippen molar-refractivity contribution in [1.82, 2.24) is 0 Å². The molecule has 1 atom stereocenters. The Bertz CT molecular complexity index is 461. The van der Waals surface area contributed by atoms with Crippen LogP contribution in [0.4, 0.5) is 0 Å². The molecule has 1 aromatic rings. The minimum absolute atomic E-state index is 0.698. The van der Waals surface area contributed by atoms with Crippen molar-refractivity contribution in [3.63, 3.8) is 0 Å². The van der Waals surface area contributed by atoms with Crippen LogP contribution < -0.4 is 10.0 Å². The van der Waals surface area contributed by atoms with Gasteiger partial charge in [-0.1, -0.05) is 0 Å². The molecule has 13 heavy (non-hydrogen) atoms. The van der Waals surface area contributed by atoms with E-state index in [1.165, 1.54) is 0 Å². The van der Waals surface area contributed by atoms with E-state index in [0.717, 1.165) is 5.75 Å². The third-order valence-electron chi connectivity index (χ3n) is 1.42. The number of ether oxygens (including phenoxy) is 1. The summed E-state index contributed by atoms with van der Waals surface area (Å²) in [6.45, 7) is -1.60. The maximum atomic E-state index is 11.5. The normalized spacial score (nSPS) is 10.7. The summed E-state index contributed by atoms with van der Waals surface area (Å²) in [4.78, 5) is 0. The SMILES string of the molecule is COc1ccc(P(=O)=S(=S)=S)cc1. The second-order valence-corrected chi connectivity index (χ2v) is 9.84. The maximum absolute atomic E-state index is 11.5. The third kappa shape index (κ3) is 2.88. The quantitative estimate of drug-likeness (QED) is 0.745. The number of rotatable bonds is 2. The Balaban J connectivity index is 3.22. The zero-order valence-corrected chi connectivity index (χ0v) is 10.1. The van der Waals surface area contributed by atoms with E-state index in [-0.39, 0.29) is 0 Å². The molecular weight excluding hydrogens is 243 g/mol. The summed E-state index contributed by atoms with van der Waals surface area (Å²) in [6.07, 6.45) is 0. The van der Waals surface area contributed by atoms with Gasteiger partial charge in [-0.25, -0.2) is 0 Å². The molecule has 0 N–H and O–H groups in total. The second-order valence-electron chi connectivity index (χ2n) is 2.17. The molecule has 1 aromatic carbocycles. The lowest BCUT2D eigenvalue weighted by Crippen LogP contribution is -1.92. The highest BCUT2D eigenvalue weighted by molar-refractivity contribution is 8.57. The topological polar surface area (TPSA) is 26.3 Å². The molecule has 0 aliphatic heterocycles. The Labute approximate surface area is 87.8 Å². The molecule has 0 spiro atoms. The Morgan fingerprint density at radius 2 is 1.85 bits per heavy atom. The van der Waals surface area contributed by atoms with E-state index in [4.69, 9.17) is 27.1 Å².